The lowest BCUT2D eigenvalue weighted by molar-refractivity contribution is 0.144. The third-order valence-electron chi connectivity index (χ3n) is 2.49. The lowest BCUT2D eigenvalue weighted by Crippen LogP contribution is -2.20. The van der Waals surface area contributed by atoms with Crippen LogP contribution in [0.4, 0.5) is 0 Å². The van der Waals surface area contributed by atoms with Crippen molar-refractivity contribution in [3.05, 3.63) is 34.9 Å². The summed E-state index contributed by atoms with van der Waals surface area (Å²) in [5.74, 6) is 0. The van der Waals surface area contributed by atoms with Crippen molar-refractivity contribution in [2.45, 2.75) is 26.3 Å². The monoisotopic (exact) mass is 241 g/mol. The molecule has 1 atom stereocenters. The molecular weight excluding hydrogens is 222 g/mol. The van der Waals surface area contributed by atoms with Gasteiger partial charge < -0.3 is 10.1 Å². The summed E-state index contributed by atoms with van der Waals surface area (Å²) in [6.45, 7) is 6.78. The standard InChI is InChI=1S/C13H20ClNO/c1-3-16-10-4-9-15-11(2)12-5-7-13(14)8-6-12/h5-8,11,15H,3-4,9-10H2,1-2H3/t11-/m1/s1. The summed E-state index contributed by atoms with van der Waals surface area (Å²) in [6, 6.07) is 8.33. The van der Waals surface area contributed by atoms with Gasteiger partial charge in [-0.1, -0.05) is 23.7 Å². The molecule has 0 unspecified atom stereocenters. The smallest absolute Gasteiger partial charge is 0.0477 e. The maximum Gasteiger partial charge on any atom is 0.0477 e. The topological polar surface area (TPSA) is 21.3 Å². The number of hydrogen-bond acceptors (Lipinski definition) is 2. The van der Waals surface area contributed by atoms with Crippen molar-refractivity contribution in [3.63, 3.8) is 0 Å². The Morgan fingerprint density at radius 2 is 2.00 bits per heavy atom. The molecule has 0 radical (unpaired) electrons. The minimum absolute atomic E-state index is 0.360. The van der Waals surface area contributed by atoms with Gasteiger partial charge in [0.15, 0.2) is 0 Å². The van der Waals surface area contributed by atoms with Gasteiger partial charge in [0, 0.05) is 24.3 Å². The van der Waals surface area contributed by atoms with Crippen LogP contribution in [0.25, 0.3) is 0 Å². The zero-order valence-corrected chi connectivity index (χ0v) is 10.8. The Morgan fingerprint density at radius 3 is 2.62 bits per heavy atom. The quantitative estimate of drug-likeness (QED) is 0.739. The fraction of sp³-hybridized carbons (Fsp3) is 0.538. The van der Waals surface area contributed by atoms with Crippen molar-refractivity contribution < 1.29 is 4.74 Å². The second-order valence-electron chi connectivity index (χ2n) is 3.78. The second kappa shape index (κ2) is 7.66. The number of rotatable bonds is 7. The van der Waals surface area contributed by atoms with Gasteiger partial charge in [-0.15, -0.1) is 0 Å². The molecule has 1 N–H and O–H groups in total. The third-order valence-corrected chi connectivity index (χ3v) is 2.74. The highest BCUT2D eigenvalue weighted by Crippen LogP contribution is 2.15. The average molecular weight is 242 g/mol. The van der Waals surface area contributed by atoms with Gasteiger partial charge in [0.05, 0.1) is 0 Å². The zero-order valence-electron chi connectivity index (χ0n) is 10.0. The molecule has 1 aromatic rings. The highest BCUT2D eigenvalue weighted by atomic mass is 35.5. The minimum atomic E-state index is 0.360. The molecule has 0 fully saturated rings. The first-order valence-corrected chi connectivity index (χ1v) is 6.18. The van der Waals surface area contributed by atoms with Gasteiger partial charge in [-0.2, -0.15) is 0 Å². The van der Waals surface area contributed by atoms with E-state index < -0.39 is 0 Å². The molecule has 0 aliphatic rings. The van der Waals surface area contributed by atoms with Crippen LogP contribution in [0.5, 0.6) is 0 Å². The fourth-order valence-corrected chi connectivity index (χ4v) is 1.63. The van der Waals surface area contributed by atoms with Crippen molar-refractivity contribution in [1.29, 1.82) is 0 Å². The Hall–Kier alpha value is -0.570. The molecule has 0 saturated carbocycles. The normalized spacial score (nSPS) is 12.7. The second-order valence-corrected chi connectivity index (χ2v) is 4.21. The van der Waals surface area contributed by atoms with Gasteiger partial charge in [0.2, 0.25) is 0 Å². The van der Waals surface area contributed by atoms with Crippen LogP contribution in [-0.4, -0.2) is 19.8 Å². The van der Waals surface area contributed by atoms with Crippen LogP contribution in [0.15, 0.2) is 24.3 Å². The summed E-state index contributed by atoms with van der Waals surface area (Å²) >= 11 is 5.84. The van der Waals surface area contributed by atoms with E-state index in [9.17, 15) is 0 Å². The summed E-state index contributed by atoms with van der Waals surface area (Å²) in [4.78, 5) is 0. The molecule has 90 valence electrons. The molecule has 1 rings (SSSR count). The van der Waals surface area contributed by atoms with Crippen LogP contribution in [0, 0.1) is 0 Å². The van der Waals surface area contributed by atoms with E-state index in [1.165, 1.54) is 5.56 Å². The molecule has 2 nitrogen and oxygen atoms in total. The number of hydrogen-bond donors (Lipinski definition) is 1. The van der Waals surface area contributed by atoms with Gasteiger partial charge in [0.25, 0.3) is 0 Å². The van der Waals surface area contributed by atoms with E-state index in [-0.39, 0.29) is 0 Å². The number of ether oxygens (including phenoxy) is 1. The van der Waals surface area contributed by atoms with Crippen LogP contribution in [0.2, 0.25) is 5.02 Å². The van der Waals surface area contributed by atoms with Gasteiger partial charge in [0.1, 0.15) is 0 Å². The van der Waals surface area contributed by atoms with E-state index in [1.54, 1.807) is 0 Å². The Labute approximate surface area is 103 Å². The summed E-state index contributed by atoms with van der Waals surface area (Å²) < 4.78 is 5.28. The molecule has 16 heavy (non-hydrogen) atoms. The number of benzene rings is 1. The Morgan fingerprint density at radius 1 is 1.31 bits per heavy atom. The largest absolute Gasteiger partial charge is 0.382 e. The molecule has 0 amide bonds. The van der Waals surface area contributed by atoms with Crippen molar-refractivity contribution >= 4 is 11.6 Å². The summed E-state index contributed by atoms with van der Waals surface area (Å²) in [6.07, 6.45) is 1.05. The molecular formula is C13H20ClNO. The molecule has 1 aromatic carbocycles. The first-order chi connectivity index (χ1) is 7.74. The van der Waals surface area contributed by atoms with E-state index in [4.69, 9.17) is 16.3 Å². The van der Waals surface area contributed by atoms with Gasteiger partial charge in [-0.05, 0) is 44.5 Å². The molecule has 0 spiro atoms. The fourth-order valence-electron chi connectivity index (χ4n) is 1.51. The Kier molecular flexibility index (Phi) is 6.46. The maximum absolute atomic E-state index is 5.84. The predicted molar refractivity (Wildman–Crippen MR) is 69.0 cm³/mol. The SMILES string of the molecule is CCOCCCN[C@H](C)c1ccc(Cl)cc1. The molecule has 0 aliphatic heterocycles. The molecule has 0 aliphatic carbocycles. The van der Waals surface area contributed by atoms with Gasteiger partial charge >= 0.3 is 0 Å². The predicted octanol–water partition coefficient (Wildman–Crippen LogP) is 3.42. The van der Waals surface area contributed by atoms with E-state index in [0.717, 1.165) is 31.2 Å². The van der Waals surface area contributed by atoms with Gasteiger partial charge in [-0.3, -0.25) is 0 Å². The van der Waals surface area contributed by atoms with E-state index in [0.29, 0.717) is 6.04 Å². The summed E-state index contributed by atoms with van der Waals surface area (Å²) in [5, 5.41) is 4.24. The van der Waals surface area contributed by atoms with Gasteiger partial charge in [-0.25, -0.2) is 0 Å². The minimum Gasteiger partial charge on any atom is -0.382 e. The summed E-state index contributed by atoms with van der Waals surface area (Å²) in [7, 11) is 0. The van der Waals surface area contributed by atoms with Crippen LogP contribution in [0.1, 0.15) is 31.9 Å². The van der Waals surface area contributed by atoms with Crippen molar-refractivity contribution in [2.24, 2.45) is 0 Å². The molecule has 0 bridgehead atoms. The van der Waals surface area contributed by atoms with E-state index in [2.05, 4.69) is 24.4 Å². The van der Waals surface area contributed by atoms with E-state index in [1.807, 2.05) is 19.1 Å². The molecule has 0 saturated heterocycles. The first kappa shape index (κ1) is 13.5. The Balaban J connectivity index is 2.24. The summed E-state index contributed by atoms with van der Waals surface area (Å²) in [5.41, 5.74) is 1.26. The maximum atomic E-state index is 5.84. The van der Waals surface area contributed by atoms with Crippen molar-refractivity contribution in [1.82, 2.24) is 5.32 Å². The lowest BCUT2D eigenvalue weighted by Gasteiger charge is -2.14. The average Bonchev–Trinajstić information content (AvgIpc) is 2.29. The number of nitrogens with one attached hydrogen (secondary N) is 1. The third kappa shape index (κ3) is 4.97. The van der Waals surface area contributed by atoms with Crippen molar-refractivity contribution in [3.8, 4) is 0 Å². The lowest BCUT2D eigenvalue weighted by atomic mass is 10.1. The van der Waals surface area contributed by atoms with Crippen LogP contribution in [-0.2, 0) is 4.74 Å². The molecule has 0 aromatic heterocycles. The van der Waals surface area contributed by atoms with Crippen molar-refractivity contribution in [2.75, 3.05) is 19.8 Å². The highest BCUT2D eigenvalue weighted by Gasteiger charge is 2.03. The molecule has 0 heterocycles. The highest BCUT2D eigenvalue weighted by molar-refractivity contribution is 6.30. The van der Waals surface area contributed by atoms with E-state index >= 15 is 0 Å². The van der Waals surface area contributed by atoms with Crippen LogP contribution >= 0.6 is 11.6 Å². The van der Waals surface area contributed by atoms with Crippen LogP contribution < -0.4 is 5.32 Å². The van der Waals surface area contributed by atoms with Crippen LogP contribution in [0.3, 0.4) is 0 Å². The Bertz CT molecular complexity index is 286. The first-order valence-electron chi connectivity index (χ1n) is 5.80. The molecule has 3 heteroatoms. The number of halogens is 1. The zero-order chi connectivity index (χ0) is 11.8.